The summed E-state index contributed by atoms with van der Waals surface area (Å²) in [5.74, 6) is -0.738. The van der Waals surface area contributed by atoms with Crippen molar-refractivity contribution >= 4 is 17.7 Å². The molecule has 0 amide bonds. The van der Waals surface area contributed by atoms with Crippen molar-refractivity contribution in [2.75, 3.05) is 12.8 Å². The third-order valence-electron chi connectivity index (χ3n) is 3.85. The highest BCUT2D eigenvalue weighted by molar-refractivity contribution is 7.99. The molecular weight excluding hydrogens is 274 g/mol. The fourth-order valence-corrected chi connectivity index (χ4v) is 3.07. The molecular formula is C14H23N3O2S. The molecule has 2 rings (SSSR count). The fraction of sp³-hybridized carbons (Fsp3) is 0.714. The number of nitrogens with zero attached hydrogens (tertiary/aromatic N) is 3. The van der Waals surface area contributed by atoms with Crippen molar-refractivity contribution in [3.05, 3.63) is 11.9 Å². The molecule has 1 aliphatic carbocycles. The lowest BCUT2D eigenvalue weighted by molar-refractivity contribution is -0.133. The Labute approximate surface area is 124 Å². The quantitative estimate of drug-likeness (QED) is 0.745. The molecule has 1 fully saturated rings. The van der Waals surface area contributed by atoms with Gasteiger partial charge in [0.25, 0.3) is 0 Å². The Morgan fingerprint density at radius 3 is 2.90 bits per heavy atom. The van der Waals surface area contributed by atoms with E-state index in [1.807, 2.05) is 6.20 Å². The monoisotopic (exact) mass is 297 g/mol. The van der Waals surface area contributed by atoms with E-state index in [2.05, 4.69) is 35.3 Å². The number of hydrogen-bond acceptors (Lipinski definition) is 4. The van der Waals surface area contributed by atoms with Crippen molar-refractivity contribution in [1.29, 1.82) is 0 Å². The number of carbonyl (C=O) groups is 1. The summed E-state index contributed by atoms with van der Waals surface area (Å²) in [5, 5.41) is 9.63. The number of rotatable bonds is 8. The van der Waals surface area contributed by atoms with Gasteiger partial charge in [0.15, 0.2) is 5.16 Å². The van der Waals surface area contributed by atoms with E-state index in [0.717, 1.165) is 24.2 Å². The summed E-state index contributed by atoms with van der Waals surface area (Å²) < 4.78 is 2.18. The molecule has 1 atom stereocenters. The third-order valence-corrected chi connectivity index (χ3v) is 4.83. The van der Waals surface area contributed by atoms with E-state index in [1.165, 1.54) is 30.3 Å². The van der Waals surface area contributed by atoms with Crippen LogP contribution in [0.1, 0.15) is 32.4 Å². The first kappa shape index (κ1) is 15.4. The van der Waals surface area contributed by atoms with Gasteiger partial charge in [-0.15, -0.1) is 0 Å². The van der Waals surface area contributed by atoms with Crippen LogP contribution in [0.15, 0.2) is 11.4 Å². The van der Waals surface area contributed by atoms with Gasteiger partial charge in [-0.2, -0.15) is 0 Å². The van der Waals surface area contributed by atoms with Crippen LogP contribution in [0, 0.1) is 0 Å². The summed E-state index contributed by atoms with van der Waals surface area (Å²) in [5.41, 5.74) is 1.17. The number of aryl methyl sites for hydroxylation is 1. The van der Waals surface area contributed by atoms with Crippen molar-refractivity contribution in [3.63, 3.8) is 0 Å². The Kier molecular flexibility index (Phi) is 5.10. The van der Waals surface area contributed by atoms with Gasteiger partial charge in [0, 0.05) is 30.5 Å². The van der Waals surface area contributed by atoms with Crippen LogP contribution in [0.5, 0.6) is 0 Å². The molecule has 20 heavy (non-hydrogen) atoms. The number of aromatic nitrogens is 2. The van der Waals surface area contributed by atoms with Crippen LogP contribution in [-0.4, -0.2) is 50.4 Å². The Hall–Kier alpha value is -1.01. The van der Waals surface area contributed by atoms with Gasteiger partial charge in [0.05, 0.1) is 5.75 Å². The zero-order valence-electron chi connectivity index (χ0n) is 12.4. The third kappa shape index (κ3) is 3.76. The average Bonchev–Trinajstić information content (AvgIpc) is 3.18. The topological polar surface area (TPSA) is 58.4 Å². The minimum atomic E-state index is -0.800. The largest absolute Gasteiger partial charge is 0.481 e. The molecule has 1 aromatic rings. The molecule has 1 saturated carbocycles. The molecule has 5 nitrogen and oxygen atoms in total. The van der Waals surface area contributed by atoms with Crippen molar-refractivity contribution in [2.24, 2.45) is 0 Å². The van der Waals surface area contributed by atoms with E-state index in [-0.39, 0.29) is 5.75 Å². The Morgan fingerprint density at radius 1 is 1.65 bits per heavy atom. The minimum Gasteiger partial charge on any atom is -0.481 e. The number of carboxylic acid groups (broad SMARTS) is 1. The summed E-state index contributed by atoms with van der Waals surface area (Å²) in [7, 11) is 2.18. The van der Waals surface area contributed by atoms with E-state index in [4.69, 9.17) is 5.11 Å². The van der Waals surface area contributed by atoms with E-state index < -0.39 is 5.97 Å². The zero-order chi connectivity index (χ0) is 14.7. The molecule has 0 saturated heterocycles. The van der Waals surface area contributed by atoms with Crippen LogP contribution in [0.2, 0.25) is 0 Å². The van der Waals surface area contributed by atoms with Gasteiger partial charge >= 0.3 is 5.97 Å². The van der Waals surface area contributed by atoms with Gasteiger partial charge in [0.2, 0.25) is 0 Å². The zero-order valence-corrected chi connectivity index (χ0v) is 13.2. The lowest BCUT2D eigenvalue weighted by Gasteiger charge is -2.26. The van der Waals surface area contributed by atoms with Crippen LogP contribution in [-0.2, 0) is 17.8 Å². The number of likely N-dealkylation sites (N-methyl/N-ethyl adjacent to an activating group) is 1. The van der Waals surface area contributed by atoms with Crippen molar-refractivity contribution in [2.45, 2.75) is 56.9 Å². The summed E-state index contributed by atoms with van der Waals surface area (Å²) in [6, 6.07) is 1.17. The van der Waals surface area contributed by atoms with Gasteiger partial charge in [0.1, 0.15) is 0 Å². The summed E-state index contributed by atoms with van der Waals surface area (Å²) in [4.78, 5) is 17.5. The van der Waals surface area contributed by atoms with Crippen LogP contribution in [0.25, 0.3) is 0 Å². The molecule has 1 unspecified atom stereocenters. The number of carboxylic acids is 1. The van der Waals surface area contributed by atoms with E-state index in [1.54, 1.807) is 0 Å². The number of thioether (sulfide) groups is 1. The van der Waals surface area contributed by atoms with Crippen molar-refractivity contribution < 1.29 is 9.90 Å². The summed E-state index contributed by atoms with van der Waals surface area (Å²) >= 11 is 1.30. The van der Waals surface area contributed by atoms with Gasteiger partial charge < -0.3 is 9.67 Å². The minimum absolute atomic E-state index is 0.0625. The standard InChI is InChI=1S/C14H23N3O2S/c1-4-11-7-15-14(20-9-13(18)19)17(11)8-10(2)16(3)12-5-6-12/h7,10,12H,4-6,8-9H2,1-3H3,(H,18,19). The van der Waals surface area contributed by atoms with Gasteiger partial charge in [-0.25, -0.2) is 4.98 Å². The predicted molar refractivity (Wildman–Crippen MR) is 80.2 cm³/mol. The van der Waals surface area contributed by atoms with Gasteiger partial charge in [-0.3, -0.25) is 9.69 Å². The second-order valence-electron chi connectivity index (χ2n) is 5.42. The fourth-order valence-electron chi connectivity index (χ4n) is 2.35. The lowest BCUT2D eigenvalue weighted by Crippen LogP contribution is -2.35. The van der Waals surface area contributed by atoms with E-state index in [9.17, 15) is 4.79 Å². The highest BCUT2D eigenvalue weighted by Gasteiger charge is 2.29. The maximum Gasteiger partial charge on any atom is 0.313 e. The predicted octanol–water partition coefficient (Wildman–Crippen LogP) is 2.10. The van der Waals surface area contributed by atoms with Crippen LogP contribution in [0.4, 0.5) is 0 Å². The molecule has 0 spiro atoms. The summed E-state index contributed by atoms with van der Waals surface area (Å²) in [6.07, 6.45) is 5.38. The van der Waals surface area contributed by atoms with Crippen molar-refractivity contribution in [1.82, 2.24) is 14.5 Å². The molecule has 0 bridgehead atoms. The van der Waals surface area contributed by atoms with Crippen LogP contribution >= 0.6 is 11.8 Å². The molecule has 0 radical (unpaired) electrons. The maximum absolute atomic E-state index is 10.7. The lowest BCUT2D eigenvalue weighted by atomic mass is 10.2. The second-order valence-corrected chi connectivity index (χ2v) is 6.37. The molecule has 0 aromatic carbocycles. The number of hydrogen-bond donors (Lipinski definition) is 1. The van der Waals surface area contributed by atoms with E-state index >= 15 is 0 Å². The normalized spacial score (nSPS) is 16.6. The average molecular weight is 297 g/mol. The summed E-state index contributed by atoms with van der Waals surface area (Å²) in [6.45, 7) is 5.20. The molecule has 1 aliphatic rings. The Morgan fingerprint density at radius 2 is 2.35 bits per heavy atom. The first-order chi connectivity index (χ1) is 9.52. The molecule has 1 aromatic heterocycles. The highest BCUT2D eigenvalue weighted by atomic mass is 32.2. The van der Waals surface area contributed by atoms with Gasteiger partial charge in [-0.05, 0) is 33.2 Å². The smallest absolute Gasteiger partial charge is 0.313 e. The highest BCUT2D eigenvalue weighted by Crippen LogP contribution is 2.28. The van der Waals surface area contributed by atoms with Crippen LogP contribution < -0.4 is 0 Å². The SMILES string of the molecule is CCc1cnc(SCC(=O)O)n1CC(C)N(C)C1CC1. The molecule has 1 N–H and O–H groups in total. The van der Waals surface area contributed by atoms with E-state index in [0.29, 0.717) is 6.04 Å². The molecule has 1 heterocycles. The number of aliphatic carboxylic acids is 1. The number of imidazole rings is 1. The van der Waals surface area contributed by atoms with Crippen molar-refractivity contribution in [3.8, 4) is 0 Å². The molecule has 112 valence electrons. The molecule has 6 heteroatoms. The van der Waals surface area contributed by atoms with Gasteiger partial charge in [-0.1, -0.05) is 18.7 Å². The van der Waals surface area contributed by atoms with Crippen LogP contribution in [0.3, 0.4) is 0 Å². The maximum atomic E-state index is 10.7. The first-order valence-electron chi connectivity index (χ1n) is 7.13. The Bertz CT molecular complexity index is 471. The first-order valence-corrected chi connectivity index (χ1v) is 8.12. The second kappa shape index (κ2) is 6.63. The molecule has 0 aliphatic heterocycles. The Balaban J connectivity index is 2.06.